The zero-order valence-electron chi connectivity index (χ0n) is 8.43. The van der Waals surface area contributed by atoms with Crippen molar-refractivity contribution in [2.24, 2.45) is 5.14 Å². The number of thiophene rings is 1. The summed E-state index contributed by atoms with van der Waals surface area (Å²) in [6.45, 7) is 0. The van der Waals surface area contributed by atoms with Gasteiger partial charge in [-0.2, -0.15) is 0 Å². The maximum absolute atomic E-state index is 11.6. The highest BCUT2D eigenvalue weighted by Crippen LogP contribution is 2.30. The van der Waals surface area contributed by atoms with Gasteiger partial charge >= 0.3 is 0 Å². The fraction of sp³-hybridized carbons (Fsp3) is 0.286. The minimum absolute atomic E-state index is 0.0417. The third-order valence-electron chi connectivity index (χ3n) is 1.73. The summed E-state index contributed by atoms with van der Waals surface area (Å²) in [7, 11) is -1.16. The van der Waals surface area contributed by atoms with Crippen molar-refractivity contribution >= 4 is 38.9 Å². The lowest BCUT2D eigenvalue weighted by Crippen LogP contribution is -2.25. The lowest BCUT2D eigenvalue weighted by molar-refractivity contribution is -0.0756. The van der Waals surface area contributed by atoms with Crippen LogP contribution in [0.2, 0.25) is 4.34 Å². The molecular formula is C7H9ClN2O4S2. The topological polar surface area (TPSA) is 89.7 Å². The Morgan fingerprint density at radius 2 is 2.19 bits per heavy atom. The molecule has 16 heavy (non-hydrogen) atoms. The molecule has 0 bridgehead atoms. The summed E-state index contributed by atoms with van der Waals surface area (Å²) in [6.07, 6.45) is 0. The summed E-state index contributed by atoms with van der Waals surface area (Å²) in [5.74, 6) is -0.543. The molecule has 6 nitrogen and oxygen atoms in total. The fourth-order valence-corrected chi connectivity index (χ4v) is 3.01. The lowest BCUT2D eigenvalue weighted by Gasteiger charge is -2.12. The molecule has 0 fully saturated rings. The molecule has 1 rings (SSSR count). The van der Waals surface area contributed by atoms with Crippen molar-refractivity contribution in [3.63, 3.8) is 0 Å². The second-order valence-electron chi connectivity index (χ2n) is 2.78. The molecule has 0 aliphatic heterocycles. The van der Waals surface area contributed by atoms with Crippen molar-refractivity contribution in [2.75, 3.05) is 14.2 Å². The molecule has 1 aromatic rings. The third-order valence-corrected chi connectivity index (χ3v) is 4.51. The number of carbonyl (C=O) groups is 1. The van der Waals surface area contributed by atoms with E-state index < -0.39 is 15.9 Å². The molecule has 0 spiro atoms. The van der Waals surface area contributed by atoms with Crippen LogP contribution in [-0.4, -0.2) is 33.5 Å². The molecule has 9 heteroatoms. The van der Waals surface area contributed by atoms with Crippen LogP contribution < -0.4 is 5.14 Å². The molecule has 0 aromatic carbocycles. The average Bonchev–Trinajstić information content (AvgIpc) is 2.57. The predicted octanol–water partition coefficient (Wildman–Crippen LogP) is 0.682. The summed E-state index contributed by atoms with van der Waals surface area (Å²) in [5, 5.41) is 5.85. The Labute approximate surface area is 102 Å². The van der Waals surface area contributed by atoms with E-state index in [0.717, 1.165) is 22.5 Å². The number of amides is 1. The molecule has 90 valence electrons. The van der Waals surface area contributed by atoms with Crippen LogP contribution in [0.1, 0.15) is 10.4 Å². The summed E-state index contributed by atoms with van der Waals surface area (Å²) in [5.41, 5.74) is 0.0417. The highest BCUT2D eigenvalue weighted by molar-refractivity contribution is 7.91. The summed E-state index contributed by atoms with van der Waals surface area (Å²) >= 11 is 6.47. The molecule has 1 amide bonds. The molecule has 0 aliphatic carbocycles. The smallest absolute Gasteiger partial charge is 0.274 e. The second-order valence-corrected chi connectivity index (χ2v) is 6.23. The van der Waals surface area contributed by atoms with E-state index in [1.807, 2.05) is 0 Å². The number of nitrogens with zero attached hydrogens (tertiary/aromatic N) is 1. The van der Waals surface area contributed by atoms with Gasteiger partial charge in [-0.15, -0.1) is 11.3 Å². The number of carbonyl (C=O) groups excluding carboxylic acids is 1. The summed E-state index contributed by atoms with van der Waals surface area (Å²) in [6, 6.07) is 1.13. The van der Waals surface area contributed by atoms with Crippen LogP contribution in [0.15, 0.2) is 10.3 Å². The Morgan fingerprint density at radius 1 is 1.62 bits per heavy atom. The monoisotopic (exact) mass is 284 g/mol. The Morgan fingerprint density at radius 3 is 2.56 bits per heavy atom. The van der Waals surface area contributed by atoms with Crippen LogP contribution in [0.4, 0.5) is 0 Å². The van der Waals surface area contributed by atoms with Gasteiger partial charge in [-0.25, -0.2) is 18.6 Å². The van der Waals surface area contributed by atoms with E-state index in [-0.39, 0.29) is 14.1 Å². The van der Waals surface area contributed by atoms with Crippen molar-refractivity contribution in [3.05, 3.63) is 16.0 Å². The largest absolute Gasteiger partial charge is 0.279 e. The molecular weight excluding hydrogens is 276 g/mol. The Kier molecular flexibility index (Phi) is 3.92. The first-order valence-corrected chi connectivity index (χ1v) is 6.65. The van der Waals surface area contributed by atoms with Crippen molar-refractivity contribution in [1.29, 1.82) is 0 Å². The quantitative estimate of drug-likeness (QED) is 0.827. The van der Waals surface area contributed by atoms with Gasteiger partial charge in [0.1, 0.15) is 8.55 Å². The molecule has 1 heterocycles. The van der Waals surface area contributed by atoms with Crippen molar-refractivity contribution < 1.29 is 18.0 Å². The van der Waals surface area contributed by atoms with E-state index in [2.05, 4.69) is 4.84 Å². The minimum atomic E-state index is -3.85. The Hall–Kier alpha value is -0.670. The van der Waals surface area contributed by atoms with Gasteiger partial charge in [0.25, 0.3) is 5.91 Å². The summed E-state index contributed by atoms with van der Waals surface area (Å²) < 4.78 is 22.0. The predicted molar refractivity (Wildman–Crippen MR) is 59.8 cm³/mol. The van der Waals surface area contributed by atoms with E-state index in [9.17, 15) is 13.2 Å². The standard InChI is InChI=1S/C7H9ClN2O4S2/c1-10(14-2)7(11)4-3-5(15-6(4)8)16(9,12)13/h3H,1-2H3,(H2,9,12,13). The lowest BCUT2D eigenvalue weighted by atomic mass is 10.3. The van der Waals surface area contributed by atoms with Crippen molar-refractivity contribution in [3.8, 4) is 0 Å². The number of hydroxylamine groups is 2. The molecule has 2 N–H and O–H groups in total. The number of rotatable bonds is 3. The van der Waals surface area contributed by atoms with Crippen molar-refractivity contribution in [2.45, 2.75) is 4.21 Å². The molecule has 0 radical (unpaired) electrons. The van der Waals surface area contributed by atoms with E-state index >= 15 is 0 Å². The zero-order chi connectivity index (χ0) is 12.5. The first-order chi connectivity index (χ1) is 7.27. The SMILES string of the molecule is CON(C)C(=O)c1cc(S(N)(=O)=O)sc1Cl. The van der Waals surface area contributed by atoms with Gasteiger partial charge in [0.15, 0.2) is 0 Å². The number of halogens is 1. The first kappa shape index (κ1) is 13.4. The minimum Gasteiger partial charge on any atom is -0.274 e. The van der Waals surface area contributed by atoms with Crippen LogP contribution in [0.3, 0.4) is 0 Å². The highest BCUT2D eigenvalue weighted by atomic mass is 35.5. The van der Waals surface area contributed by atoms with Gasteiger partial charge in [-0.3, -0.25) is 9.63 Å². The molecule has 0 unspecified atom stereocenters. The van der Waals surface area contributed by atoms with Gasteiger partial charge in [-0.05, 0) is 6.07 Å². The summed E-state index contributed by atoms with van der Waals surface area (Å²) in [4.78, 5) is 16.3. The molecule has 0 aliphatic rings. The Bertz CT molecular complexity index is 510. The van der Waals surface area contributed by atoms with Crippen molar-refractivity contribution in [1.82, 2.24) is 5.06 Å². The Balaban J connectivity index is 3.18. The molecule has 0 saturated carbocycles. The number of nitrogens with two attached hydrogens (primary N) is 1. The van der Waals surface area contributed by atoms with Crippen LogP contribution in [-0.2, 0) is 14.9 Å². The number of hydrogen-bond acceptors (Lipinski definition) is 5. The number of hydrogen-bond donors (Lipinski definition) is 1. The molecule has 0 atom stereocenters. The van der Waals surface area contributed by atoms with E-state index in [1.54, 1.807) is 0 Å². The van der Waals surface area contributed by atoms with E-state index in [1.165, 1.54) is 14.2 Å². The van der Waals surface area contributed by atoms with Crippen LogP contribution in [0.25, 0.3) is 0 Å². The third kappa shape index (κ3) is 2.71. The maximum atomic E-state index is 11.6. The van der Waals surface area contributed by atoms with Gasteiger partial charge in [0.2, 0.25) is 10.0 Å². The van der Waals surface area contributed by atoms with Gasteiger partial charge in [-0.1, -0.05) is 11.6 Å². The van der Waals surface area contributed by atoms with Crippen LogP contribution >= 0.6 is 22.9 Å². The van der Waals surface area contributed by atoms with Crippen LogP contribution in [0.5, 0.6) is 0 Å². The highest BCUT2D eigenvalue weighted by Gasteiger charge is 2.22. The zero-order valence-corrected chi connectivity index (χ0v) is 10.8. The fourth-order valence-electron chi connectivity index (χ4n) is 0.886. The number of sulfonamides is 1. The molecule has 0 saturated heterocycles. The van der Waals surface area contributed by atoms with E-state index in [0.29, 0.717) is 0 Å². The maximum Gasteiger partial charge on any atom is 0.279 e. The van der Waals surface area contributed by atoms with Crippen LogP contribution in [0, 0.1) is 0 Å². The van der Waals surface area contributed by atoms with Gasteiger partial charge < -0.3 is 0 Å². The first-order valence-electron chi connectivity index (χ1n) is 3.91. The van der Waals surface area contributed by atoms with Gasteiger partial charge in [0, 0.05) is 7.05 Å². The number of primary sulfonamides is 1. The average molecular weight is 285 g/mol. The molecule has 1 aromatic heterocycles. The normalized spacial score (nSPS) is 11.5. The second kappa shape index (κ2) is 4.68. The van der Waals surface area contributed by atoms with Gasteiger partial charge in [0.05, 0.1) is 12.7 Å². The van der Waals surface area contributed by atoms with E-state index in [4.69, 9.17) is 16.7 Å².